The first-order valence-corrected chi connectivity index (χ1v) is 7.35. The lowest BCUT2D eigenvalue weighted by molar-refractivity contribution is -0.387. The van der Waals surface area contributed by atoms with Crippen LogP contribution >= 0.6 is 11.8 Å². The van der Waals surface area contributed by atoms with Crippen molar-refractivity contribution in [2.75, 3.05) is 5.75 Å². The average Bonchev–Trinajstić information content (AvgIpc) is 2.94. The molecule has 0 radical (unpaired) electrons. The van der Waals surface area contributed by atoms with E-state index in [2.05, 4.69) is 10.2 Å². The molecule has 0 aliphatic carbocycles. The van der Waals surface area contributed by atoms with Crippen molar-refractivity contribution in [3.05, 3.63) is 40.2 Å². The van der Waals surface area contributed by atoms with Crippen LogP contribution in [0.15, 0.2) is 29.3 Å². The second-order valence-electron chi connectivity index (χ2n) is 4.43. The lowest BCUT2D eigenvalue weighted by Crippen LogP contribution is -2.07. The molecule has 2 rings (SSSR count). The van der Waals surface area contributed by atoms with Gasteiger partial charge in [-0.1, -0.05) is 6.92 Å². The van der Waals surface area contributed by atoms with Crippen LogP contribution in [0.25, 0.3) is 11.1 Å². The quantitative estimate of drug-likeness (QED) is 0.497. The van der Waals surface area contributed by atoms with Gasteiger partial charge in [0.2, 0.25) is 0 Å². The normalized spacial score (nSPS) is 11.6. The Morgan fingerprint density at radius 2 is 2.14 bits per heavy atom. The second-order valence-corrected chi connectivity index (χ2v) is 5.57. The van der Waals surface area contributed by atoms with Gasteiger partial charge in [-0.3, -0.25) is 15.2 Å². The molecule has 5 nitrogen and oxygen atoms in total. The molecule has 0 saturated heterocycles. The van der Waals surface area contributed by atoms with E-state index in [0.29, 0.717) is 10.6 Å². The van der Waals surface area contributed by atoms with Crippen LogP contribution in [0.2, 0.25) is 0 Å². The van der Waals surface area contributed by atoms with E-state index in [-0.39, 0.29) is 16.8 Å². The maximum absolute atomic E-state index is 12.9. The van der Waals surface area contributed by atoms with Gasteiger partial charge in [0.15, 0.2) is 5.69 Å². The molecule has 0 atom stereocenters. The minimum Gasteiger partial charge on any atom is -0.284 e. The third-order valence-corrected chi connectivity index (χ3v) is 4.09. The van der Waals surface area contributed by atoms with Gasteiger partial charge in [-0.2, -0.15) is 18.3 Å². The van der Waals surface area contributed by atoms with Crippen molar-refractivity contribution in [1.29, 1.82) is 0 Å². The fraction of sp³-hybridized carbons (Fsp3) is 0.308. The molecule has 0 bridgehead atoms. The predicted molar refractivity (Wildman–Crippen MR) is 76.7 cm³/mol. The van der Waals surface area contributed by atoms with Crippen molar-refractivity contribution in [2.24, 2.45) is 0 Å². The van der Waals surface area contributed by atoms with E-state index >= 15 is 0 Å². The van der Waals surface area contributed by atoms with Crippen molar-refractivity contribution in [3.8, 4) is 11.1 Å². The molecule has 2 aromatic rings. The number of thioether (sulfide) groups is 1. The molecule has 0 fully saturated rings. The molecule has 1 aromatic carbocycles. The number of benzene rings is 1. The van der Waals surface area contributed by atoms with Crippen molar-refractivity contribution in [3.63, 3.8) is 0 Å². The molecule has 9 heteroatoms. The van der Waals surface area contributed by atoms with Crippen molar-refractivity contribution < 1.29 is 18.1 Å². The number of H-pyrrole nitrogens is 1. The number of rotatable bonds is 5. The minimum atomic E-state index is -4.59. The van der Waals surface area contributed by atoms with Gasteiger partial charge in [-0.05, 0) is 29.9 Å². The van der Waals surface area contributed by atoms with Gasteiger partial charge in [0, 0.05) is 17.8 Å². The van der Waals surface area contributed by atoms with Crippen molar-refractivity contribution in [1.82, 2.24) is 10.2 Å². The molecule has 22 heavy (non-hydrogen) atoms. The van der Waals surface area contributed by atoms with E-state index in [1.807, 2.05) is 6.92 Å². The van der Waals surface area contributed by atoms with Gasteiger partial charge in [-0.25, -0.2) is 0 Å². The smallest absolute Gasteiger partial charge is 0.284 e. The number of aromatic amines is 1. The summed E-state index contributed by atoms with van der Waals surface area (Å²) in [5, 5.41) is 16.4. The highest BCUT2D eigenvalue weighted by Crippen LogP contribution is 2.38. The van der Waals surface area contributed by atoms with Crippen molar-refractivity contribution >= 4 is 17.4 Å². The van der Waals surface area contributed by atoms with Crippen LogP contribution in [0.1, 0.15) is 19.0 Å². The SMILES string of the molecule is CCCSc1cc(-c2c[nH]nc2C(F)(F)F)ccc1[N+](=O)[O-]. The fourth-order valence-corrected chi connectivity index (χ4v) is 2.81. The van der Waals surface area contributed by atoms with E-state index in [4.69, 9.17) is 0 Å². The van der Waals surface area contributed by atoms with Gasteiger partial charge in [0.25, 0.3) is 5.69 Å². The zero-order valence-corrected chi connectivity index (χ0v) is 12.3. The van der Waals surface area contributed by atoms with E-state index in [0.717, 1.165) is 12.6 Å². The first kappa shape index (κ1) is 16.3. The first-order valence-electron chi connectivity index (χ1n) is 6.37. The van der Waals surface area contributed by atoms with E-state index in [1.165, 1.54) is 30.0 Å². The van der Waals surface area contributed by atoms with Gasteiger partial charge >= 0.3 is 6.18 Å². The van der Waals surface area contributed by atoms with Crippen LogP contribution in [0.4, 0.5) is 18.9 Å². The number of aromatic nitrogens is 2. The number of halogens is 3. The largest absolute Gasteiger partial charge is 0.435 e. The summed E-state index contributed by atoms with van der Waals surface area (Å²) in [6.07, 6.45) is -2.66. The molecule has 0 spiro atoms. The molecular formula is C13H12F3N3O2S. The Hall–Kier alpha value is -2.03. The Labute approximate surface area is 128 Å². The highest BCUT2D eigenvalue weighted by Gasteiger charge is 2.37. The van der Waals surface area contributed by atoms with Crippen LogP contribution in [-0.2, 0) is 6.18 Å². The zero-order chi connectivity index (χ0) is 16.3. The molecule has 1 heterocycles. The van der Waals surface area contributed by atoms with E-state index in [9.17, 15) is 23.3 Å². The minimum absolute atomic E-state index is 0.112. The summed E-state index contributed by atoms with van der Waals surface area (Å²) in [4.78, 5) is 10.8. The maximum atomic E-state index is 12.9. The predicted octanol–water partition coefficient (Wildman–Crippen LogP) is 4.51. The van der Waals surface area contributed by atoms with Crippen LogP contribution < -0.4 is 0 Å². The number of alkyl halides is 3. The highest BCUT2D eigenvalue weighted by molar-refractivity contribution is 7.99. The van der Waals surface area contributed by atoms with Gasteiger partial charge in [0.1, 0.15) is 0 Å². The monoisotopic (exact) mass is 331 g/mol. The molecule has 0 amide bonds. The number of hydrogen-bond acceptors (Lipinski definition) is 4. The van der Waals surface area contributed by atoms with Crippen LogP contribution in [0, 0.1) is 10.1 Å². The van der Waals surface area contributed by atoms with E-state index in [1.54, 1.807) is 0 Å². The summed E-state index contributed by atoms with van der Waals surface area (Å²) in [6.45, 7) is 1.92. The molecule has 1 N–H and O–H groups in total. The number of hydrogen-bond donors (Lipinski definition) is 1. The Balaban J connectivity index is 2.49. The fourth-order valence-electron chi connectivity index (χ4n) is 1.89. The van der Waals surface area contributed by atoms with Gasteiger partial charge in [-0.15, -0.1) is 11.8 Å². The number of nitro groups is 1. The van der Waals surface area contributed by atoms with Crippen molar-refractivity contribution in [2.45, 2.75) is 24.4 Å². The standard InChI is InChI=1S/C13H12F3N3O2S/c1-2-5-22-11-6-8(3-4-10(11)19(20)21)9-7-17-18-12(9)13(14,15)16/h3-4,6-7H,2,5H2,1H3,(H,17,18). The second kappa shape index (κ2) is 6.39. The first-order chi connectivity index (χ1) is 10.3. The summed E-state index contributed by atoms with van der Waals surface area (Å²) >= 11 is 1.25. The zero-order valence-electron chi connectivity index (χ0n) is 11.5. The molecule has 0 aliphatic heterocycles. The molecule has 0 saturated carbocycles. The number of nitrogens with zero attached hydrogens (tertiary/aromatic N) is 2. The number of nitrogens with one attached hydrogen (secondary N) is 1. The summed E-state index contributed by atoms with van der Waals surface area (Å²) in [6, 6.07) is 3.92. The lowest BCUT2D eigenvalue weighted by atomic mass is 10.1. The Bertz CT molecular complexity index is 685. The third kappa shape index (κ3) is 3.41. The topological polar surface area (TPSA) is 71.8 Å². The maximum Gasteiger partial charge on any atom is 0.435 e. The third-order valence-electron chi connectivity index (χ3n) is 2.84. The summed E-state index contributed by atoms with van der Waals surface area (Å²) in [5.41, 5.74) is -1.03. The number of nitro benzene ring substituents is 1. The van der Waals surface area contributed by atoms with Gasteiger partial charge < -0.3 is 0 Å². The molecule has 1 aromatic heterocycles. The van der Waals surface area contributed by atoms with Crippen LogP contribution in [0.5, 0.6) is 0 Å². The molecule has 0 aliphatic rings. The lowest BCUT2D eigenvalue weighted by Gasteiger charge is -2.08. The van der Waals surface area contributed by atoms with Crippen LogP contribution in [0.3, 0.4) is 0 Å². The summed E-state index contributed by atoms with van der Waals surface area (Å²) < 4.78 is 38.6. The highest BCUT2D eigenvalue weighted by atomic mass is 32.2. The molecule has 118 valence electrons. The summed E-state index contributed by atoms with van der Waals surface area (Å²) in [5.74, 6) is 0.641. The molecule has 0 unspecified atom stereocenters. The van der Waals surface area contributed by atoms with E-state index < -0.39 is 16.8 Å². The Kier molecular flexibility index (Phi) is 4.74. The van der Waals surface area contributed by atoms with Crippen LogP contribution in [-0.4, -0.2) is 20.9 Å². The average molecular weight is 331 g/mol. The van der Waals surface area contributed by atoms with Gasteiger partial charge in [0.05, 0.1) is 9.82 Å². The Morgan fingerprint density at radius 3 is 2.73 bits per heavy atom. The summed E-state index contributed by atoms with van der Waals surface area (Å²) in [7, 11) is 0. The Morgan fingerprint density at radius 1 is 1.41 bits per heavy atom. The molecular weight excluding hydrogens is 319 g/mol.